The molecular formula is C18H16F4. The molecule has 0 bridgehead atoms. The van der Waals surface area contributed by atoms with E-state index < -0.39 is 17.5 Å². The van der Waals surface area contributed by atoms with E-state index in [-0.39, 0.29) is 12.2 Å². The van der Waals surface area contributed by atoms with Gasteiger partial charge in [-0.15, -0.1) is 0 Å². The monoisotopic (exact) mass is 308 g/mol. The highest BCUT2D eigenvalue weighted by Gasteiger charge is 2.11. The fourth-order valence-corrected chi connectivity index (χ4v) is 2.12. The average molecular weight is 308 g/mol. The van der Waals surface area contributed by atoms with E-state index in [1.807, 2.05) is 6.92 Å². The predicted octanol–water partition coefficient (Wildman–Crippen LogP) is 5.81. The molecule has 0 N–H and O–H groups in total. The van der Waals surface area contributed by atoms with E-state index in [1.165, 1.54) is 6.08 Å². The van der Waals surface area contributed by atoms with Crippen LogP contribution in [0.4, 0.5) is 17.6 Å². The zero-order chi connectivity index (χ0) is 16.1. The van der Waals surface area contributed by atoms with Gasteiger partial charge in [0.15, 0.2) is 17.5 Å². The van der Waals surface area contributed by atoms with Gasteiger partial charge in [0.2, 0.25) is 0 Å². The molecule has 0 amide bonds. The Morgan fingerprint density at radius 1 is 0.955 bits per heavy atom. The second-order valence-electron chi connectivity index (χ2n) is 5.09. The summed E-state index contributed by atoms with van der Waals surface area (Å²) in [6.45, 7) is 1.97. The maximum absolute atomic E-state index is 13.8. The van der Waals surface area contributed by atoms with Crippen molar-refractivity contribution >= 4 is 5.83 Å². The molecule has 2 aromatic carbocycles. The van der Waals surface area contributed by atoms with E-state index in [4.69, 9.17) is 0 Å². The van der Waals surface area contributed by atoms with Crippen molar-refractivity contribution in [1.82, 2.24) is 0 Å². The molecule has 2 aromatic rings. The van der Waals surface area contributed by atoms with Crippen LogP contribution in [-0.2, 0) is 6.42 Å². The van der Waals surface area contributed by atoms with Crippen molar-refractivity contribution in [3.63, 3.8) is 0 Å². The highest BCUT2D eigenvalue weighted by atomic mass is 19.2. The van der Waals surface area contributed by atoms with Crippen molar-refractivity contribution in [1.29, 1.82) is 0 Å². The van der Waals surface area contributed by atoms with Gasteiger partial charge in [-0.3, -0.25) is 0 Å². The Kier molecular flexibility index (Phi) is 5.36. The van der Waals surface area contributed by atoms with Crippen LogP contribution in [0, 0.1) is 17.5 Å². The maximum Gasteiger partial charge on any atom is 0.194 e. The molecule has 0 radical (unpaired) electrons. The van der Waals surface area contributed by atoms with Crippen LogP contribution in [0.1, 0.15) is 36.5 Å². The van der Waals surface area contributed by atoms with Crippen molar-refractivity contribution in [2.24, 2.45) is 0 Å². The fraction of sp³-hybridized carbons (Fsp3) is 0.222. The summed E-state index contributed by atoms with van der Waals surface area (Å²) in [5.74, 6) is -4.17. The summed E-state index contributed by atoms with van der Waals surface area (Å²) < 4.78 is 53.0. The largest absolute Gasteiger partial charge is 0.207 e. The number of hydrogen-bond acceptors (Lipinski definition) is 0. The SMILES string of the molecule is CCC/C=C(/F)c1ccc(Cc2cc(F)c(F)c(F)c2)cc1. The first-order valence-corrected chi connectivity index (χ1v) is 7.09. The molecule has 0 atom stereocenters. The molecule has 4 heteroatoms. The molecule has 0 spiro atoms. The quantitative estimate of drug-likeness (QED) is 0.483. The normalized spacial score (nSPS) is 11.8. The van der Waals surface area contributed by atoms with Crippen molar-refractivity contribution in [2.75, 3.05) is 0 Å². The smallest absolute Gasteiger partial charge is 0.194 e. The Morgan fingerprint density at radius 3 is 2.09 bits per heavy atom. The van der Waals surface area contributed by atoms with Crippen molar-refractivity contribution in [3.05, 3.63) is 76.6 Å². The lowest BCUT2D eigenvalue weighted by Crippen LogP contribution is -1.96. The third-order valence-electron chi connectivity index (χ3n) is 3.29. The molecule has 0 heterocycles. The minimum absolute atomic E-state index is 0.245. The molecule has 0 aromatic heterocycles. The van der Waals surface area contributed by atoms with Gasteiger partial charge in [0, 0.05) is 5.56 Å². The molecule has 0 aliphatic rings. The zero-order valence-corrected chi connectivity index (χ0v) is 12.2. The fourth-order valence-electron chi connectivity index (χ4n) is 2.12. The maximum atomic E-state index is 13.8. The number of benzene rings is 2. The standard InChI is InChI=1S/C18H16F4/c1-2-3-4-15(19)14-7-5-12(6-8-14)9-13-10-16(20)18(22)17(21)11-13/h4-8,10-11H,2-3,9H2,1H3/b15-4+. The van der Waals surface area contributed by atoms with Crippen LogP contribution in [-0.4, -0.2) is 0 Å². The molecule has 22 heavy (non-hydrogen) atoms. The summed E-state index contributed by atoms with van der Waals surface area (Å²) in [5.41, 5.74) is 1.55. The van der Waals surface area contributed by atoms with E-state index in [0.29, 0.717) is 17.5 Å². The van der Waals surface area contributed by atoms with E-state index >= 15 is 0 Å². The third-order valence-corrected chi connectivity index (χ3v) is 3.29. The van der Waals surface area contributed by atoms with E-state index in [1.54, 1.807) is 24.3 Å². The average Bonchev–Trinajstić information content (AvgIpc) is 2.51. The first-order valence-electron chi connectivity index (χ1n) is 7.09. The summed E-state index contributed by atoms with van der Waals surface area (Å²) in [6, 6.07) is 8.55. The molecular weight excluding hydrogens is 292 g/mol. The molecule has 116 valence electrons. The second-order valence-corrected chi connectivity index (χ2v) is 5.09. The summed E-state index contributed by atoms with van der Waals surface area (Å²) >= 11 is 0. The first kappa shape index (κ1) is 16.3. The number of unbranched alkanes of at least 4 members (excludes halogenated alkanes) is 1. The third kappa shape index (κ3) is 3.97. The molecule has 0 saturated carbocycles. The van der Waals surface area contributed by atoms with Gasteiger partial charge in [0.1, 0.15) is 5.83 Å². The predicted molar refractivity (Wildman–Crippen MR) is 79.6 cm³/mol. The second kappa shape index (κ2) is 7.25. The highest BCUT2D eigenvalue weighted by molar-refractivity contribution is 5.59. The lowest BCUT2D eigenvalue weighted by Gasteiger charge is -2.05. The minimum Gasteiger partial charge on any atom is -0.207 e. The Balaban J connectivity index is 2.15. The molecule has 2 rings (SSSR count). The van der Waals surface area contributed by atoms with Crippen LogP contribution in [0.25, 0.3) is 5.83 Å². The molecule has 0 aliphatic carbocycles. The Bertz CT molecular complexity index is 649. The molecule has 0 saturated heterocycles. The van der Waals surface area contributed by atoms with Gasteiger partial charge in [-0.1, -0.05) is 37.6 Å². The number of rotatable bonds is 5. The van der Waals surface area contributed by atoms with Crippen molar-refractivity contribution < 1.29 is 17.6 Å². The number of allylic oxidation sites excluding steroid dienone is 1. The van der Waals surface area contributed by atoms with Crippen LogP contribution in [0.3, 0.4) is 0 Å². The van der Waals surface area contributed by atoms with Crippen molar-refractivity contribution in [3.8, 4) is 0 Å². The van der Waals surface area contributed by atoms with Gasteiger partial charge in [-0.25, -0.2) is 17.6 Å². The summed E-state index contributed by atoms with van der Waals surface area (Å²) in [7, 11) is 0. The van der Waals surface area contributed by atoms with Crippen LogP contribution < -0.4 is 0 Å². The van der Waals surface area contributed by atoms with Gasteiger partial charge >= 0.3 is 0 Å². The van der Waals surface area contributed by atoms with Crippen LogP contribution in [0.5, 0.6) is 0 Å². The number of hydrogen-bond donors (Lipinski definition) is 0. The van der Waals surface area contributed by atoms with Gasteiger partial charge in [-0.05, 0) is 42.2 Å². The lowest BCUT2D eigenvalue weighted by molar-refractivity contribution is 0.445. The zero-order valence-electron chi connectivity index (χ0n) is 12.2. The summed E-state index contributed by atoms with van der Waals surface area (Å²) in [6.07, 6.45) is 3.31. The van der Waals surface area contributed by atoms with Gasteiger partial charge in [0.05, 0.1) is 0 Å². The van der Waals surface area contributed by atoms with E-state index in [2.05, 4.69) is 0 Å². The molecule has 0 aliphatic heterocycles. The lowest BCUT2D eigenvalue weighted by atomic mass is 10.0. The van der Waals surface area contributed by atoms with E-state index in [0.717, 1.165) is 24.1 Å². The summed E-state index contributed by atoms with van der Waals surface area (Å²) in [4.78, 5) is 0. The first-order chi connectivity index (χ1) is 10.5. The van der Waals surface area contributed by atoms with Crippen molar-refractivity contribution in [2.45, 2.75) is 26.2 Å². The van der Waals surface area contributed by atoms with Crippen LogP contribution in [0.2, 0.25) is 0 Å². The molecule has 0 fully saturated rings. The Morgan fingerprint density at radius 2 is 1.55 bits per heavy atom. The highest BCUT2D eigenvalue weighted by Crippen LogP contribution is 2.20. The van der Waals surface area contributed by atoms with Crippen LogP contribution in [0.15, 0.2) is 42.5 Å². The van der Waals surface area contributed by atoms with Gasteiger partial charge < -0.3 is 0 Å². The Hall–Kier alpha value is -2.10. The van der Waals surface area contributed by atoms with Gasteiger partial charge in [-0.2, -0.15) is 0 Å². The molecule has 0 unspecified atom stereocenters. The summed E-state index contributed by atoms with van der Waals surface area (Å²) in [5, 5.41) is 0. The minimum atomic E-state index is -1.47. The van der Waals surface area contributed by atoms with Crippen LogP contribution >= 0.6 is 0 Å². The molecule has 0 nitrogen and oxygen atoms in total. The van der Waals surface area contributed by atoms with E-state index in [9.17, 15) is 17.6 Å². The topological polar surface area (TPSA) is 0 Å². The Labute approximate surface area is 127 Å². The van der Waals surface area contributed by atoms with Gasteiger partial charge in [0.25, 0.3) is 0 Å². The number of halogens is 4.